The van der Waals surface area contributed by atoms with E-state index in [1.165, 1.54) is 96.3 Å². The van der Waals surface area contributed by atoms with Crippen LogP contribution in [0.3, 0.4) is 0 Å². The molecule has 0 fully saturated rings. The third kappa shape index (κ3) is 37.3. The second-order valence-electron chi connectivity index (χ2n) is 18.1. The third-order valence-corrected chi connectivity index (χ3v) is 11.4. The van der Waals surface area contributed by atoms with Crippen LogP contribution < -0.4 is 22.5 Å². The Bertz CT molecular complexity index is 1220. The molecule has 0 bridgehead atoms. The number of carbonyl (C=O) groups is 4. The smallest absolute Gasteiger partial charge is 0.306 e. The molecule has 1 amide bonds. The molecule has 360 valence electrons. The summed E-state index contributed by atoms with van der Waals surface area (Å²) in [6.07, 6.45) is 41.0. The number of rotatable bonds is 44. The van der Waals surface area contributed by atoms with Crippen LogP contribution in [0.25, 0.3) is 0 Å². The number of nitrogens with one attached hydrogen (secondary N) is 1. The molecule has 0 saturated carbocycles. The highest BCUT2D eigenvalue weighted by Gasteiger charge is 2.34. The highest BCUT2D eigenvalue weighted by molar-refractivity contribution is 6.01. The first-order valence-corrected chi connectivity index (χ1v) is 24.9. The van der Waals surface area contributed by atoms with Crippen LogP contribution in [0.2, 0.25) is 0 Å². The number of guanidine groups is 1. The molecular weight excluding hydrogens is 781 g/mol. The van der Waals surface area contributed by atoms with Gasteiger partial charge in [-0.3, -0.25) is 19.4 Å². The first-order chi connectivity index (χ1) is 29.9. The van der Waals surface area contributed by atoms with Crippen molar-refractivity contribution in [3.05, 3.63) is 24.3 Å². The molecule has 0 rings (SSSR count). The van der Waals surface area contributed by atoms with Gasteiger partial charge < -0.3 is 41.3 Å². The topological polar surface area (TPSA) is 189 Å². The van der Waals surface area contributed by atoms with E-state index in [9.17, 15) is 19.2 Å². The summed E-state index contributed by atoms with van der Waals surface area (Å²) in [5, 5.41) is 2.78. The van der Waals surface area contributed by atoms with Crippen LogP contribution in [0.1, 0.15) is 206 Å². The fourth-order valence-corrected chi connectivity index (χ4v) is 7.39. The van der Waals surface area contributed by atoms with Crippen molar-refractivity contribution in [2.75, 3.05) is 46.9 Å². The predicted octanol–water partition coefficient (Wildman–Crippen LogP) is 9.66. The van der Waals surface area contributed by atoms with E-state index in [1.54, 1.807) is 0 Å². The van der Waals surface area contributed by atoms with Gasteiger partial charge in [-0.1, -0.05) is 141 Å². The van der Waals surface area contributed by atoms with Crippen LogP contribution in [-0.4, -0.2) is 93.1 Å². The van der Waals surface area contributed by atoms with Gasteiger partial charge in [0.2, 0.25) is 5.91 Å². The Kier molecular flexibility index (Phi) is 38.4. The normalized spacial score (nSPS) is 13.2. The van der Waals surface area contributed by atoms with Gasteiger partial charge in [0.05, 0.1) is 27.2 Å². The number of ether oxygens (including phenoxy) is 2. The minimum atomic E-state index is -1.70. The standard InChI is InChI=1S/C50H94N6O6/c1-5-7-9-11-13-15-17-19-21-23-25-27-29-31-33-36-46(58)61-43-45(42-56(3,4)41-40-54-48(60)50(53,44-57)38-35-39-55-49(51)52)62-47(59)37-34-32-30-28-26-24-22-20-18-16-14-12-10-8-6-2/h19-22,44-45H,5-18,23-43,53H2,1-4H3,(H4-,51,52,54,55,60)/p+1/b21-19-,22-20-/t45?,50-/m0/s1. The van der Waals surface area contributed by atoms with Crippen LogP contribution in [0, 0.1) is 0 Å². The van der Waals surface area contributed by atoms with Crippen molar-refractivity contribution < 1.29 is 33.1 Å². The molecule has 0 aliphatic heterocycles. The summed E-state index contributed by atoms with van der Waals surface area (Å²) >= 11 is 0. The number of likely N-dealkylation sites (N-methyl/N-ethyl adjacent to an activating group) is 1. The van der Waals surface area contributed by atoms with Crippen molar-refractivity contribution in [2.45, 2.75) is 218 Å². The lowest BCUT2D eigenvalue weighted by Crippen LogP contribution is -2.57. The molecular formula is C50H95N6O6+. The van der Waals surface area contributed by atoms with Crippen LogP contribution in [0.5, 0.6) is 0 Å². The molecule has 1 unspecified atom stereocenters. The minimum Gasteiger partial charge on any atom is -0.461 e. The summed E-state index contributed by atoms with van der Waals surface area (Å²) in [5.41, 5.74) is 15.1. The highest BCUT2D eigenvalue weighted by atomic mass is 16.6. The number of amides is 1. The molecule has 62 heavy (non-hydrogen) atoms. The van der Waals surface area contributed by atoms with Crippen molar-refractivity contribution in [3.63, 3.8) is 0 Å². The lowest BCUT2D eigenvalue weighted by molar-refractivity contribution is -0.892. The fraction of sp³-hybridized carbons (Fsp3) is 0.820. The molecule has 0 spiro atoms. The molecule has 0 heterocycles. The van der Waals surface area contributed by atoms with Gasteiger partial charge in [0.15, 0.2) is 17.6 Å². The van der Waals surface area contributed by atoms with E-state index in [0.29, 0.717) is 43.1 Å². The van der Waals surface area contributed by atoms with Gasteiger partial charge in [-0.25, -0.2) is 0 Å². The van der Waals surface area contributed by atoms with E-state index >= 15 is 0 Å². The molecule has 0 radical (unpaired) electrons. The number of aliphatic imine (C=N–C) groups is 1. The third-order valence-electron chi connectivity index (χ3n) is 11.4. The Labute approximate surface area is 379 Å². The summed E-state index contributed by atoms with van der Waals surface area (Å²) in [4.78, 5) is 54.4. The maximum absolute atomic E-state index is 13.0. The van der Waals surface area contributed by atoms with Crippen LogP contribution in [0.4, 0.5) is 0 Å². The van der Waals surface area contributed by atoms with Crippen molar-refractivity contribution in [2.24, 2.45) is 22.2 Å². The number of unbranched alkanes of at least 4 members (excludes halogenated alkanes) is 22. The molecule has 0 aromatic heterocycles. The number of quaternary nitrogens is 1. The number of carbonyl (C=O) groups excluding carboxylic acids is 4. The Hall–Kier alpha value is -3.25. The zero-order valence-corrected chi connectivity index (χ0v) is 40.3. The van der Waals surface area contributed by atoms with Crippen LogP contribution in [0.15, 0.2) is 29.3 Å². The van der Waals surface area contributed by atoms with Gasteiger partial charge in [-0.05, 0) is 77.0 Å². The van der Waals surface area contributed by atoms with Gasteiger partial charge in [-0.2, -0.15) is 0 Å². The number of aldehydes is 1. The number of nitrogens with zero attached hydrogens (tertiary/aromatic N) is 2. The van der Waals surface area contributed by atoms with E-state index in [-0.39, 0.29) is 44.0 Å². The molecule has 12 heteroatoms. The summed E-state index contributed by atoms with van der Waals surface area (Å²) in [5.74, 6) is -1.23. The fourth-order valence-electron chi connectivity index (χ4n) is 7.39. The summed E-state index contributed by atoms with van der Waals surface area (Å²) in [7, 11) is 3.91. The Morgan fingerprint density at radius 1 is 0.645 bits per heavy atom. The average molecular weight is 876 g/mol. The Morgan fingerprint density at radius 3 is 1.53 bits per heavy atom. The van der Waals surface area contributed by atoms with Crippen molar-refractivity contribution in [1.82, 2.24) is 5.32 Å². The maximum atomic E-state index is 13.0. The predicted molar refractivity (Wildman–Crippen MR) is 257 cm³/mol. The molecule has 12 nitrogen and oxygen atoms in total. The van der Waals surface area contributed by atoms with E-state index in [0.717, 1.165) is 70.6 Å². The summed E-state index contributed by atoms with van der Waals surface area (Å²) in [6, 6.07) is 0. The summed E-state index contributed by atoms with van der Waals surface area (Å²) in [6.45, 7) is 5.80. The number of esters is 2. The lowest BCUT2D eigenvalue weighted by atomic mass is 9.95. The van der Waals surface area contributed by atoms with Gasteiger partial charge >= 0.3 is 11.9 Å². The molecule has 7 N–H and O–H groups in total. The number of hydrogen-bond donors (Lipinski definition) is 4. The minimum absolute atomic E-state index is 0.0249. The molecule has 0 aliphatic rings. The van der Waals surface area contributed by atoms with Crippen LogP contribution in [-0.2, 0) is 28.7 Å². The monoisotopic (exact) mass is 876 g/mol. The van der Waals surface area contributed by atoms with Gasteiger partial charge in [0.25, 0.3) is 0 Å². The van der Waals surface area contributed by atoms with Gasteiger partial charge in [-0.15, -0.1) is 0 Å². The first-order valence-electron chi connectivity index (χ1n) is 24.9. The molecule has 0 aliphatic carbocycles. The molecule has 0 saturated heterocycles. The second kappa shape index (κ2) is 40.5. The molecule has 0 aromatic carbocycles. The number of nitrogens with two attached hydrogens (primary N) is 3. The van der Waals surface area contributed by atoms with E-state index in [2.05, 4.69) is 48.5 Å². The maximum Gasteiger partial charge on any atom is 0.306 e. The van der Waals surface area contributed by atoms with Crippen molar-refractivity contribution >= 4 is 30.1 Å². The highest BCUT2D eigenvalue weighted by Crippen LogP contribution is 2.14. The quantitative estimate of drug-likeness (QED) is 0.00675. The summed E-state index contributed by atoms with van der Waals surface area (Å²) < 4.78 is 12.0. The van der Waals surface area contributed by atoms with Crippen molar-refractivity contribution in [1.29, 1.82) is 0 Å². The average Bonchev–Trinajstić information content (AvgIpc) is 3.23. The van der Waals surface area contributed by atoms with E-state index in [4.69, 9.17) is 26.7 Å². The zero-order chi connectivity index (χ0) is 46.0. The number of hydrogen-bond acceptors (Lipinski definition) is 8. The second-order valence-corrected chi connectivity index (χ2v) is 18.1. The van der Waals surface area contributed by atoms with Gasteiger partial charge in [0.1, 0.15) is 19.4 Å². The zero-order valence-electron chi connectivity index (χ0n) is 40.3. The van der Waals surface area contributed by atoms with E-state index < -0.39 is 17.6 Å². The Balaban J connectivity index is 4.81. The SMILES string of the molecule is CCCCCCCC/C=C\CCCCCCCC(=O)OCC(C[N+](C)(C)CCNC(=O)[C@@](N)(C=O)CCCN=C(N)N)OC(=O)CCCCCCC/C=C\CCCCCCCC. The largest absolute Gasteiger partial charge is 0.461 e. The lowest BCUT2D eigenvalue weighted by Gasteiger charge is -2.33. The van der Waals surface area contributed by atoms with E-state index in [1.807, 2.05) is 14.1 Å². The Morgan fingerprint density at radius 2 is 1.08 bits per heavy atom. The van der Waals surface area contributed by atoms with Gasteiger partial charge in [0, 0.05) is 19.4 Å². The molecule has 0 aromatic rings. The van der Waals surface area contributed by atoms with Crippen LogP contribution >= 0.6 is 0 Å². The van der Waals surface area contributed by atoms with Crippen molar-refractivity contribution in [3.8, 4) is 0 Å². The first kappa shape index (κ1) is 58.8. The molecule has 2 atom stereocenters. The number of allylic oxidation sites excluding steroid dienone is 4.